The van der Waals surface area contributed by atoms with E-state index in [0.717, 1.165) is 6.42 Å². The van der Waals surface area contributed by atoms with Crippen LogP contribution in [0.15, 0.2) is 12.2 Å². The molecule has 0 radical (unpaired) electrons. The third kappa shape index (κ3) is 13.7. The van der Waals surface area contributed by atoms with Crippen LogP contribution in [-0.4, -0.2) is 159 Å². The normalized spacial score (nSPS) is 38.1. The summed E-state index contributed by atoms with van der Waals surface area (Å²) in [5.41, 5.74) is -1.80. The van der Waals surface area contributed by atoms with Gasteiger partial charge in [-0.05, 0) is 89.5 Å². The molecule has 1 unspecified atom stereocenters. The SMILES string of the molecule is CC[C@@H](C(=O)[C@@H](C)[C@@H](O)[C@H](C)[C@@H]1O[C@@H]([C@@H](CC)C(=O)O)CC[C@@H]1C)[C@H]1O[C@]2(C=CC(NC(=O)OCCOCCOCCOCCOC)[C@]3(CC[C@@](C)([C@H]4CC[C@](O)(CC)[C@H](C)O4)O3)O2)[C@H](C)C[C@@H]1C. The molecule has 0 aromatic carbocycles. The molecule has 2 spiro atoms. The number of amides is 1. The molecule has 5 rings (SSSR count). The summed E-state index contributed by atoms with van der Waals surface area (Å²) in [6.45, 7) is 22.3. The number of carboxylic acids is 1. The molecule has 69 heavy (non-hydrogen) atoms. The largest absolute Gasteiger partial charge is 0.481 e. The zero-order chi connectivity index (χ0) is 50.7. The van der Waals surface area contributed by atoms with E-state index in [-0.39, 0.29) is 42.9 Å². The number of alkyl carbamates (subject to hydrolysis) is 1. The summed E-state index contributed by atoms with van der Waals surface area (Å²) in [4.78, 5) is 40.3. The number of ether oxygens (including phenoxy) is 10. The van der Waals surface area contributed by atoms with Gasteiger partial charge in [-0.15, -0.1) is 0 Å². The maximum absolute atomic E-state index is 14.7. The highest BCUT2D eigenvalue weighted by Crippen LogP contribution is 2.54. The van der Waals surface area contributed by atoms with Gasteiger partial charge >= 0.3 is 12.1 Å². The minimum atomic E-state index is -1.43. The molecule has 17 heteroatoms. The molecule has 5 aliphatic rings. The first-order chi connectivity index (χ1) is 32.7. The van der Waals surface area contributed by atoms with Crippen molar-refractivity contribution < 1.29 is 77.1 Å². The van der Waals surface area contributed by atoms with Gasteiger partial charge in [0.2, 0.25) is 0 Å². The van der Waals surface area contributed by atoms with Gasteiger partial charge in [0, 0.05) is 37.2 Å². The van der Waals surface area contributed by atoms with Crippen LogP contribution >= 0.6 is 0 Å². The van der Waals surface area contributed by atoms with Crippen molar-refractivity contribution in [3.8, 4) is 0 Å². The Kier molecular flexibility index (Phi) is 21.4. The summed E-state index contributed by atoms with van der Waals surface area (Å²) in [5.74, 6) is -6.37. The standard InChI is InChI=1S/C52H89NO16/c1-12-38(47(56)57)40-16-15-32(4)45(66-40)36(8)43(54)35(7)44(55)39(13-2)46-33(5)31-34(6)51(67-46)20-17-41(53-48(58)64-30-29-63-28-27-62-26-25-61-24-23-60-11)52(69-51)22-21-49(10,68-52)42-18-19-50(59,14-3)37(9)65-42/h17,20,32-43,45-46,54,59H,12-16,18-19,21-31H2,1-11H3,(H,53,58)(H,56,57)/t32-,33-,34+,35-,36-,37-,38+,39-,40+,41?,42+,43+,45+,46-,49-,50+,51-,52-/m0/s1. The third-order valence-electron chi connectivity index (χ3n) is 16.4. The van der Waals surface area contributed by atoms with Gasteiger partial charge in [0.15, 0.2) is 11.6 Å². The molecule has 17 nitrogen and oxygen atoms in total. The van der Waals surface area contributed by atoms with Crippen molar-refractivity contribution in [1.82, 2.24) is 5.32 Å². The highest BCUT2D eigenvalue weighted by Gasteiger charge is 2.63. The predicted octanol–water partition coefficient (Wildman–Crippen LogP) is 6.62. The predicted molar refractivity (Wildman–Crippen MR) is 255 cm³/mol. The molecule has 1 amide bonds. The first kappa shape index (κ1) is 57.6. The number of methoxy groups -OCH3 is 1. The maximum Gasteiger partial charge on any atom is 0.407 e. The van der Waals surface area contributed by atoms with Crippen LogP contribution in [0.5, 0.6) is 0 Å². The molecule has 4 N–H and O–H groups in total. The Hall–Kier alpha value is -2.29. The smallest absolute Gasteiger partial charge is 0.407 e. The zero-order valence-electron chi connectivity index (χ0n) is 43.6. The van der Waals surface area contributed by atoms with Gasteiger partial charge in [-0.25, -0.2) is 4.79 Å². The van der Waals surface area contributed by atoms with Crippen LogP contribution in [0, 0.1) is 41.4 Å². The molecular weight excluding hydrogens is 895 g/mol. The molecule has 0 aliphatic carbocycles. The van der Waals surface area contributed by atoms with E-state index in [4.69, 9.17) is 47.4 Å². The lowest BCUT2D eigenvalue weighted by Crippen LogP contribution is -2.65. The molecule has 0 saturated carbocycles. The lowest BCUT2D eigenvalue weighted by atomic mass is 9.72. The Morgan fingerprint density at radius 3 is 2.03 bits per heavy atom. The van der Waals surface area contributed by atoms with Crippen molar-refractivity contribution in [2.45, 2.75) is 199 Å². The number of carbonyl (C=O) groups is 3. The van der Waals surface area contributed by atoms with E-state index in [1.165, 1.54) is 0 Å². The highest BCUT2D eigenvalue weighted by atomic mass is 16.8. The summed E-state index contributed by atoms with van der Waals surface area (Å²) in [6, 6.07) is -0.799. The molecule has 398 valence electrons. The van der Waals surface area contributed by atoms with Crippen LogP contribution in [0.2, 0.25) is 0 Å². The van der Waals surface area contributed by atoms with Crippen LogP contribution in [0.3, 0.4) is 0 Å². The van der Waals surface area contributed by atoms with Crippen molar-refractivity contribution in [2.24, 2.45) is 41.4 Å². The second-order valence-corrected chi connectivity index (χ2v) is 21.1. The number of aliphatic hydroxyl groups is 2. The van der Waals surface area contributed by atoms with E-state index in [9.17, 15) is 29.7 Å². The van der Waals surface area contributed by atoms with E-state index < -0.39 is 95.1 Å². The van der Waals surface area contributed by atoms with Crippen molar-refractivity contribution in [3.63, 3.8) is 0 Å². The van der Waals surface area contributed by atoms with E-state index in [0.29, 0.717) is 97.4 Å². The van der Waals surface area contributed by atoms with Gasteiger partial charge in [0.05, 0.1) is 100.0 Å². The third-order valence-corrected chi connectivity index (χ3v) is 16.4. The first-order valence-corrected chi connectivity index (χ1v) is 26.1. The summed E-state index contributed by atoms with van der Waals surface area (Å²) in [5, 5.41) is 36.1. The monoisotopic (exact) mass is 984 g/mol. The van der Waals surface area contributed by atoms with E-state index in [1.807, 2.05) is 53.7 Å². The zero-order valence-corrected chi connectivity index (χ0v) is 43.6. The van der Waals surface area contributed by atoms with Gasteiger partial charge in [-0.2, -0.15) is 0 Å². The molecule has 4 fully saturated rings. The van der Waals surface area contributed by atoms with Crippen molar-refractivity contribution in [1.29, 1.82) is 0 Å². The number of Topliss-reactive ketones (excluding diaryl/α,β-unsaturated/α-hetero) is 1. The average Bonchev–Trinajstić information content (AvgIpc) is 3.66. The number of nitrogens with one attached hydrogen (secondary N) is 1. The van der Waals surface area contributed by atoms with Crippen LogP contribution in [-0.2, 0) is 57.0 Å². The van der Waals surface area contributed by atoms with Crippen molar-refractivity contribution >= 4 is 17.8 Å². The van der Waals surface area contributed by atoms with E-state index in [2.05, 4.69) is 26.1 Å². The molecule has 5 aliphatic heterocycles. The topological polar surface area (TPSA) is 216 Å². The second-order valence-electron chi connectivity index (χ2n) is 21.1. The highest BCUT2D eigenvalue weighted by molar-refractivity contribution is 5.84. The Balaban J connectivity index is 1.30. The van der Waals surface area contributed by atoms with Gasteiger partial charge in [0.25, 0.3) is 0 Å². The fourth-order valence-electron chi connectivity index (χ4n) is 11.7. The Bertz CT molecular complexity index is 1670. The van der Waals surface area contributed by atoms with Crippen LogP contribution in [0.4, 0.5) is 4.79 Å². The first-order valence-electron chi connectivity index (χ1n) is 26.1. The number of aliphatic carboxylic acids is 1. The second kappa shape index (κ2) is 25.6. The molecule has 5 heterocycles. The molecule has 18 atom stereocenters. The maximum atomic E-state index is 14.7. The van der Waals surface area contributed by atoms with Gasteiger partial charge < -0.3 is 68.0 Å². The van der Waals surface area contributed by atoms with Crippen LogP contribution in [0.25, 0.3) is 0 Å². The number of rotatable bonds is 25. The molecule has 0 aromatic heterocycles. The molecule has 0 bridgehead atoms. The van der Waals surface area contributed by atoms with Crippen LogP contribution < -0.4 is 5.32 Å². The summed E-state index contributed by atoms with van der Waals surface area (Å²) >= 11 is 0. The quantitative estimate of drug-likeness (QED) is 0.0559. The fraction of sp³-hybridized carbons (Fsp3) is 0.904. The number of carbonyl (C=O) groups excluding carboxylic acids is 2. The van der Waals surface area contributed by atoms with Gasteiger partial charge in [-0.1, -0.05) is 61.5 Å². The van der Waals surface area contributed by atoms with Gasteiger partial charge in [0.1, 0.15) is 18.4 Å². The number of hydrogen-bond donors (Lipinski definition) is 4. The fourth-order valence-corrected chi connectivity index (χ4v) is 11.7. The summed E-state index contributed by atoms with van der Waals surface area (Å²) < 4.78 is 61.6. The lowest BCUT2D eigenvalue weighted by Gasteiger charge is -2.55. The number of aliphatic hydroxyl groups excluding tert-OH is 1. The minimum absolute atomic E-state index is 0.00220. The number of carboxylic acid groups (broad SMARTS) is 1. The van der Waals surface area contributed by atoms with Crippen LogP contribution in [0.1, 0.15) is 133 Å². The summed E-state index contributed by atoms with van der Waals surface area (Å²) in [6.07, 6.45) is 5.27. The Morgan fingerprint density at radius 2 is 1.43 bits per heavy atom. The molecule has 0 aromatic rings. The summed E-state index contributed by atoms with van der Waals surface area (Å²) in [7, 11) is 1.62. The Morgan fingerprint density at radius 1 is 0.797 bits per heavy atom. The van der Waals surface area contributed by atoms with E-state index in [1.54, 1.807) is 14.0 Å². The number of hydrogen-bond acceptors (Lipinski definition) is 15. The lowest BCUT2D eigenvalue weighted by molar-refractivity contribution is -0.398. The van der Waals surface area contributed by atoms with Crippen molar-refractivity contribution in [3.05, 3.63) is 12.2 Å². The Labute approximate surface area is 411 Å². The molecular formula is C52H89NO16. The average molecular weight is 984 g/mol. The van der Waals surface area contributed by atoms with Crippen molar-refractivity contribution in [2.75, 3.05) is 60.0 Å². The van der Waals surface area contributed by atoms with Gasteiger partial charge in [-0.3, -0.25) is 9.59 Å². The molecule has 4 saturated heterocycles. The van der Waals surface area contributed by atoms with E-state index >= 15 is 0 Å². The minimum Gasteiger partial charge on any atom is -0.481 e. The number of ketones is 1.